The second kappa shape index (κ2) is 6.56. The van der Waals surface area contributed by atoms with E-state index >= 15 is 0 Å². The summed E-state index contributed by atoms with van der Waals surface area (Å²) in [5.74, 6) is -0.388. The maximum atomic E-state index is 12.3. The molecule has 0 aromatic heterocycles. The third-order valence-corrected chi connectivity index (χ3v) is 6.18. The number of anilines is 1. The van der Waals surface area contributed by atoms with E-state index in [1.165, 1.54) is 31.3 Å². The van der Waals surface area contributed by atoms with Crippen LogP contribution in [0, 0.1) is 0 Å². The molecule has 0 spiro atoms. The summed E-state index contributed by atoms with van der Waals surface area (Å²) in [6.07, 6.45) is 1.52. The van der Waals surface area contributed by atoms with E-state index in [0.29, 0.717) is 25.8 Å². The molecule has 9 heteroatoms. The molecular formula is C16H12Br2N2O4S. The van der Waals surface area contributed by atoms with Gasteiger partial charge in [-0.2, -0.15) is 0 Å². The minimum Gasteiger partial charge on any atom is -0.506 e. The molecule has 3 rings (SSSR count). The standard InChI is InChI=1S/C16H12Br2N2O4S/c1-19-25(23,24)10-2-3-14-11(7-10)12(16(22)20-14)5-8-4-9(17)6-13(18)15(8)21/h2-7,19,21H,1H3,(H,20,22). The largest absolute Gasteiger partial charge is 0.506 e. The molecule has 1 aliphatic rings. The predicted octanol–water partition coefficient (Wildman–Crippen LogP) is 3.32. The Hall–Kier alpha value is -1.68. The molecule has 0 fully saturated rings. The van der Waals surface area contributed by atoms with Crippen LogP contribution in [-0.2, 0) is 14.8 Å². The minimum absolute atomic E-state index is 0.0176. The van der Waals surface area contributed by atoms with Gasteiger partial charge >= 0.3 is 0 Å². The number of carbonyl (C=O) groups excluding carboxylic acids is 1. The Morgan fingerprint density at radius 2 is 1.92 bits per heavy atom. The van der Waals surface area contributed by atoms with E-state index in [0.717, 1.165) is 0 Å². The number of nitrogens with one attached hydrogen (secondary N) is 2. The third-order valence-electron chi connectivity index (χ3n) is 3.71. The van der Waals surface area contributed by atoms with Crippen LogP contribution in [0.3, 0.4) is 0 Å². The van der Waals surface area contributed by atoms with Crippen molar-refractivity contribution in [2.24, 2.45) is 0 Å². The highest BCUT2D eigenvalue weighted by molar-refractivity contribution is 9.11. The second-order valence-electron chi connectivity index (χ2n) is 5.25. The van der Waals surface area contributed by atoms with Crippen LogP contribution in [0.1, 0.15) is 11.1 Å². The highest BCUT2D eigenvalue weighted by Crippen LogP contribution is 2.38. The van der Waals surface area contributed by atoms with Crippen molar-refractivity contribution in [3.63, 3.8) is 0 Å². The van der Waals surface area contributed by atoms with E-state index in [1.54, 1.807) is 12.1 Å². The number of halogens is 2. The first-order valence-corrected chi connectivity index (χ1v) is 10.1. The number of hydrogen-bond donors (Lipinski definition) is 3. The van der Waals surface area contributed by atoms with Crippen LogP contribution in [0.5, 0.6) is 5.75 Å². The van der Waals surface area contributed by atoms with Gasteiger partial charge in [-0.1, -0.05) is 15.9 Å². The highest BCUT2D eigenvalue weighted by Gasteiger charge is 2.26. The van der Waals surface area contributed by atoms with Crippen molar-refractivity contribution < 1.29 is 18.3 Å². The molecule has 1 aliphatic heterocycles. The molecule has 0 saturated heterocycles. The topological polar surface area (TPSA) is 95.5 Å². The van der Waals surface area contributed by atoms with Gasteiger partial charge in [-0.25, -0.2) is 13.1 Å². The molecule has 0 unspecified atom stereocenters. The number of sulfonamides is 1. The molecule has 0 saturated carbocycles. The van der Waals surface area contributed by atoms with Crippen molar-refractivity contribution in [1.82, 2.24) is 4.72 Å². The van der Waals surface area contributed by atoms with Gasteiger partial charge in [0.15, 0.2) is 0 Å². The van der Waals surface area contributed by atoms with Crippen molar-refractivity contribution in [2.75, 3.05) is 12.4 Å². The molecule has 1 amide bonds. The number of carbonyl (C=O) groups is 1. The van der Waals surface area contributed by atoms with Crippen molar-refractivity contribution in [1.29, 1.82) is 0 Å². The Bertz CT molecular complexity index is 1030. The van der Waals surface area contributed by atoms with Crippen LogP contribution in [0.15, 0.2) is 44.2 Å². The molecule has 130 valence electrons. The number of phenolic OH excluding ortho intramolecular Hbond substituents is 1. The van der Waals surface area contributed by atoms with Crippen LogP contribution < -0.4 is 10.0 Å². The Morgan fingerprint density at radius 1 is 1.20 bits per heavy atom. The zero-order valence-electron chi connectivity index (χ0n) is 12.8. The number of amides is 1. The normalized spacial score (nSPS) is 15.3. The van der Waals surface area contributed by atoms with Gasteiger partial charge in [-0.05, 0) is 59.4 Å². The predicted molar refractivity (Wildman–Crippen MR) is 103 cm³/mol. The average molecular weight is 488 g/mol. The van der Waals surface area contributed by atoms with Crippen molar-refractivity contribution in [3.05, 3.63) is 50.4 Å². The lowest BCUT2D eigenvalue weighted by Gasteiger charge is -2.06. The third kappa shape index (κ3) is 3.37. The highest BCUT2D eigenvalue weighted by atomic mass is 79.9. The first-order valence-electron chi connectivity index (χ1n) is 7.02. The Balaban J connectivity index is 2.18. The summed E-state index contributed by atoms with van der Waals surface area (Å²) >= 11 is 6.57. The summed E-state index contributed by atoms with van der Waals surface area (Å²) < 4.78 is 27.4. The number of benzene rings is 2. The number of hydrogen-bond acceptors (Lipinski definition) is 4. The van der Waals surface area contributed by atoms with Crippen LogP contribution in [0.25, 0.3) is 11.6 Å². The molecule has 3 N–H and O–H groups in total. The number of fused-ring (bicyclic) bond motifs is 1. The van der Waals surface area contributed by atoms with Gasteiger partial charge in [0.05, 0.1) is 9.37 Å². The number of phenols is 1. The van der Waals surface area contributed by atoms with Gasteiger partial charge in [0.25, 0.3) is 5.91 Å². The quantitative estimate of drug-likeness (QED) is 0.578. The molecule has 2 aromatic rings. The molecule has 6 nitrogen and oxygen atoms in total. The summed E-state index contributed by atoms with van der Waals surface area (Å²) in [5.41, 5.74) is 1.65. The van der Waals surface area contributed by atoms with E-state index in [4.69, 9.17) is 0 Å². The molecule has 0 radical (unpaired) electrons. The average Bonchev–Trinajstić information content (AvgIpc) is 2.87. The van der Waals surface area contributed by atoms with Crippen LogP contribution in [0.4, 0.5) is 5.69 Å². The SMILES string of the molecule is CNS(=O)(=O)c1ccc2c(c1)C(=Cc1cc(Br)cc(Br)c1O)C(=O)N2. The minimum atomic E-state index is -3.64. The van der Waals surface area contributed by atoms with E-state index in [9.17, 15) is 18.3 Å². The van der Waals surface area contributed by atoms with Crippen molar-refractivity contribution >= 4 is 65.1 Å². The van der Waals surface area contributed by atoms with E-state index in [-0.39, 0.29) is 22.1 Å². The summed E-state index contributed by atoms with van der Waals surface area (Å²) in [6, 6.07) is 7.72. The lowest BCUT2D eigenvalue weighted by atomic mass is 10.0. The zero-order chi connectivity index (χ0) is 18.4. The first-order chi connectivity index (χ1) is 11.7. The molecule has 0 atom stereocenters. The number of aromatic hydroxyl groups is 1. The molecule has 0 aliphatic carbocycles. The van der Waals surface area contributed by atoms with Crippen LogP contribution in [-0.4, -0.2) is 26.5 Å². The Kier molecular flexibility index (Phi) is 4.76. The van der Waals surface area contributed by atoms with Gasteiger partial charge < -0.3 is 10.4 Å². The maximum Gasteiger partial charge on any atom is 0.256 e. The summed E-state index contributed by atoms with van der Waals surface area (Å²) in [5, 5.41) is 12.9. The molecule has 0 bridgehead atoms. The summed E-state index contributed by atoms with van der Waals surface area (Å²) in [4.78, 5) is 12.3. The van der Waals surface area contributed by atoms with Gasteiger partial charge in [-0.15, -0.1) is 0 Å². The Labute approximate surface area is 161 Å². The number of rotatable bonds is 3. The van der Waals surface area contributed by atoms with E-state index in [1.807, 2.05) is 0 Å². The van der Waals surface area contributed by atoms with Gasteiger partial charge in [0.1, 0.15) is 5.75 Å². The van der Waals surface area contributed by atoms with E-state index in [2.05, 4.69) is 41.9 Å². The van der Waals surface area contributed by atoms with Gasteiger partial charge in [0, 0.05) is 26.9 Å². The maximum absolute atomic E-state index is 12.3. The molecular weight excluding hydrogens is 476 g/mol. The second-order valence-corrected chi connectivity index (χ2v) is 8.91. The van der Waals surface area contributed by atoms with Crippen LogP contribution >= 0.6 is 31.9 Å². The van der Waals surface area contributed by atoms with Crippen molar-refractivity contribution in [2.45, 2.75) is 4.90 Å². The molecule has 2 aromatic carbocycles. The fraction of sp³-hybridized carbons (Fsp3) is 0.0625. The van der Waals surface area contributed by atoms with Crippen LogP contribution in [0.2, 0.25) is 0 Å². The van der Waals surface area contributed by atoms with E-state index < -0.39 is 10.0 Å². The summed E-state index contributed by atoms with van der Waals surface area (Å²) in [7, 11) is -2.32. The van der Waals surface area contributed by atoms with Crippen molar-refractivity contribution in [3.8, 4) is 5.75 Å². The monoisotopic (exact) mass is 486 g/mol. The fourth-order valence-electron chi connectivity index (χ4n) is 2.45. The smallest absolute Gasteiger partial charge is 0.256 e. The zero-order valence-corrected chi connectivity index (χ0v) is 16.8. The lowest BCUT2D eigenvalue weighted by Crippen LogP contribution is -2.18. The molecule has 1 heterocycles. The Morgan fingerprint density at radius 3 is 2.60 bits per heavy atom. The van der Waals surface area contributed by atoms with Gasteiger partial charge in [-0.3, -0.25) is 4.79 Å². The molecule has 25 heavy (non-hydrogen) atoms. The van der Waals surface area contributed by atoms with Gasteiger partial charge in [0.2, 0.25) is 10.0 Å². The fourth-order valence-corrected chi connectivity index (χ4v) is 4.46. The first kappa shape index (κ1) is 18.1. The lowest BCUT2D eigenvalue weighted by molar-refractivity contribution is -0.110. The summed E-state index contributed by atoms with van der Waals surface area (Å²) in [6.45, 7) is 0.